The molecule has 4 heteroatoms. The average molecular weight is 324 g/mol. The van der Waals surface area contributed by atoms with Gasteiger partial charge in [0, 0.05) is 23.6 Å². The number of anilines is 1. The first-order valence-corrected chi connectivity index (χ1v) is 6.75. The highest BCUT2D eigenvalue weighted by atomic mass is 79.9. The zero-order valence-electron chi connectivity index (χ0n) is 10.6. The zero-order chi connectivity index (χ0) is 13.8. The van der Waals surface area contributed by atoms with Crippen LogP contribution in [0.5, 0.6) is 0 Å². The molecule has 0 heterocycles. The highest BCUT2D eigenvalue weighted by molar-refractivity contribution is 9.10. The van der Waals surface area contributed by atoms with Gasteiger partial charge in [0.05, 0.1) is 12.3 Å². The van der Waals surface area contributed by atoms with Gasteiger partial charge in [0.1, 0.15) is 5.82 Å². The fourth-order valence-electron chi connectivity index (χ4n) is 2.06. The zero-order valence-corrected chi connectivity index (χ0v) is 12.2. The Bertz CT molecular complexity index is 557. The molecule has 0 amide bonds. The molecule has 0 fully saturated rings. The van der Waals surface area contributed by atoms with E-state index < -0.39 is 0 Å². The molecule has 0 aromatic heterocycles. The molecule has 0 aliphatic heterocycles. The van der Waals surface area contributed by atoms with Crippen LogP contribution in [0.25, 0.3) is 0 Å². The van der Waals surface area contributed by atoms with Gasteiger partial charge in [0.25, 0.3) is 0 Å². The van der Waals surface area contributed by atoms with Crippen molar-refractivity contribution in [3.63, 3.8) is 0 Å². The number of benzene rings is 2. The number of halogens is 2. The largest absolute Gasteiger partial charge is 0.392 e. The third-order valence-corrected chi connectivity index (χ3v) is 3.48. The predicted molar refractivity (Wildman–Crippen MR) is 78.6 cm³/mol. The van der Waals surface area contributed by atoms with Gasteiger partial charge in [-0.3, -0.25) is 0 Å². The van der Waals surface area contributed by atoms with Crippen molar-refractivity contribution in [1.82, 2.24) is 0 Å². The topological polar surface area (TPSA) is 23.5 Å². The molecule has 19 heavy (non-hydrogen) atoms. The van der Waals surface area contributed by atoms with Gasteiger partial charge in [-0.2, -0.15) is 0 Å². The van der Waals surface area contributed by atoms with Gasteiger partial charge in [0.15, 0.2) is 0 Å². The lowest BCUT2D eigenvalue weighted by atomic mass is 10.1. The van der Waals surface area contributed by atoms with Crippen LogP contribution in [0.1, 0.15) is 11.1 Å². The molecule has 2 nitrogen and oxygen atoms in total. The molecule has 0 radical (unpaired) electrons. The standard InChI is InChI=1S/C15H15BrFNO/c1-18(9-11-5-7-13(16)8-6-11)15-12(10-19)3-2-4-14(15)17/h2-8,19H,9-10H2,1H3. The summed E-state index contributed by atoms with van der Waals surface area (Å²) in [5.74, 6) is -0.314. The highest BCUT2D eigenvalue weighted by Gasteiger charge is 2.12. The Labute approximate surface area is 120 Å². The molecule has 0 aliphatic rings. The van der Waals surface area contributed by atoms with E-state index in [0.29, 0.717) is 17.8 Å². The van der Waals surface area contributed by atoms with Crippen molar-refractivity contribution in [2.75, 3.05) is 11.9 Å². The van der Waals surface area contributed by atoms with E-state index in [1.54, 1.807) is 12.1 Å². The van der Waals surface area contributed by atoms with Gasteiger partial charge in [-0.05, 0) is 23.8 Å². The summed E-state index contributed by atoms with van der Waals surface area (Å²) < 4.78 is 14.9. The predicted octanol–water partition coefficient (Wildman–Crippen LogP) is 3.72. The molecule has 100 valence electrons. The van der Waals surface area contributed by atoms with E-state index in [9.17, 15) is 9.50 Å². The Morgan fingerprint density at radius 2 is 1.84 bits per heavy atom. The molecule has 0 saturated carbocycles. The molecule has 0 aliphatic carbocycles. The summed E-state index contributed by atoms with van der Waals surface area (Å²) >= 11 is 3.38. The monoisotopic (exact) mass is 323 g/mol. The Morgan fingerprint density at radius 1 is 1.16 bits per heavy atom. The van der Waals surface area contributed by atoms with Crippen molar-refractivity contribution in [3.8, 4) is 0 Å². The summed E-state index contributed by atoms with van der Waals surface area (Å²) in [7, 11) is 1.82. The molecule has 1 N–H and O–H groups in total. The van der Waals surface area contributed by atoms with Crippen molar-refractivity contribution in [3.05, 3.63) is 63.9 Å². The summed E-state index contributed by atoms with van der Waals surface area (Å²) in [6.07, 6.45) is 0. The third kappa shape index (κ3) is 3.33. The summed E-state index contributed by atoms with van der Waals surface area (Å²) in [4.78, 5) is 1.81. The number of aliphatic hydroxyl groups is 1. The Hall–Kier alpha value is -1.39. The quantitative estimate of drug-likeness (QED) is 0.927. The highest BCUT2D eigenvalue weighted by Crippen LogP contribution is 2.25. The normalized spacial score (nSPS) is 10.5. The van der Waals surface area contributed by atoms with Crippen LogP contribution < -0.4 is 4.90 Å². The van der Waals surface area contributed by atoms with E-state index >= 15 is 0 Å². The smallest absolute Gasteiger partial charge is 0.146 e. The van der Waals surface area contributed by atoms with Crippen LogP contribution in [-0.4, -0.2) is 12.2 Å². The first-order chi connectivity index (χ1) is 9.11. The lowest BCUT2D eigenvalue weighted by molar-refractivity contribution is 0.281. The molecule has 0 saturated heterocycles. The van der Waals surface area contributed by atoms with E-state index in [1.165, 1.54) is 6.07 Å². The fourth-order valence-corrected chi connectivity index (χ4v) is 2.32. The molecule has 0 atom stereocenters. The second-order valence-corrected chi connectivity index (χ2v) is 5.30. The van der Waals surface area contributed by atoms with Crippen molar-refractivity contribution in [2.24, 2.45) is 0 Å². The lowest BCUT2D eigenvalue weighted by Crippen LogP contribution is -2.19. The molecule has 0 spiro atoms. The number of hydrogen-bond donors (Lipinski definition) is 1. The number of aliphatic hydroxyl groups excluding tert-OH is 1. The van der Waals surface area contributed by atoms with E-state index in [-0.39, 0.29) is 12.4 Å². The van der Waals surface area contributed by atoms with Gasteiger partial charge in [0.2, 0.25) is 0 Å². The number of hydrogen-bond acceptors (Lipinski definition) is 2. The van der Waals surface area contributed by atoms with Crippen LogP contribution in [0.15, 0.2) is 46.9 Å². The van der Waals surface area contributed by atoms with Gasteiger partial charge in [-0.25, -0.2) is 4.39 Å². The van der Waals surface area contributed by atoms with Crippen LogP contribution in [0.3, 0.4) is 0 Å². The molecule has 0 bridgehead atoms. The number of para-hydroxylation sites is 1. The Kier molecular flexibility index (Phi) is 4.56. The first kappa shape index (κ1) is 14.0. The summed E-state index contributed by atoms with van der Waals surface area (Å²) in [6, 6.07) is 12.6. The van der Waals surface area contributed by atoms with Crippen LogP contribution in [-0.2, 0) is 13.2 Å². The van der Waals surface area contributed by atoms with Gasteiger partial charge < -0.3 is 10.0 Å². The Morgan fingerprint density at radius 3 is 2.47 bits per heavy atom. The molecule has 0 unspecified atom stereocenters. The summed E-state index contributed by atoms with van der Waals surface area (Å²) in [6.45, 7) is 0.416. The first-order valence-electron chi connectivity index (χ1n) is 5.95. The fraction of sp³-hybridized carbons (Fsp3) is 0.200. The minimum atomic E-state index is -0.314. The van der Waals surface area contributed by atoms with Crippen LogP contribution in [0.4, 0.5) is 10.1 Å². The van der Waals surface area contributed by atoms with E-state index in [2.05, 4.69) is 15.9 Å². The van der Waals surface area contributed by atoms with Crippen molar-refractivity contribution in [2.45, 2.75) is 13.2 Å². The summed E-state index contributed by atoms with van der Waals surface area (Å²) in [5, 5.41) is 9.29. The van der Waals surface area contributed by atoms with Crippen LogP contribution in [0.2, 0.25) is 0 Å². The van der Waals surface area contributed by atoms with Gasteiger partial charge in [-0.15, -0.1) is 0 Å². The maximum Gasteiger partial charge on any atom is 0.146 e. The average Bonchev–Trinajstić information content (AvgIpc) is 2.40. The van der Waals surface area contributed by atoms with Crippen molar-refractivity contribution < 1.29 is 9.50 Å². The molecule has 2 aromatic rings. The van der Waals surface area contributed by atoms with Crippen LogP contribution in [0, 0.1) is 5.82 Å². The lowest BCUT2D eigenvalue weighted by Gasteiger charge is -2.22. The third-order valence-electron chi connectivity index (χ3n) is 2.96. The number of nitrogens with zero attached hydrogens (tertiary/aromatic N) is 1. The maximum absolute atomic E-state index is 13.9. The van der Waals surface area contributed by atoms with Crippen molar-refractivity contribution in [1.29, 1.82) is 0 Å². The second-order valence-electron chi connectivity index (χ2n) is 4.39. The molecular formula is C15H15BrFNO. The number of rotatable bonds is 4. The minimum absolute atomic E-state index is 0.169. The molecule has 2 aromatic carbocycles. The Balaban J connectivity index is 2.24. The van der Waals surface area contributed by atoms with Crippen LogP contribution >= 0.6 is 15.9 Å². The van der Waals surface area contributed by atoms with Crippen molar-refractivity contribution >= 4 is 21.6 Å². The minimum Gasteiger partial charge on any atom is -0.392 e. The SMILES string of the molecule is CN(Cc1ccc(Br)cc1)c1c(F)cccc1CO. The second kappa shape index (κ2) is 6.17. The van der Waals surface area contributed by atoms with E-state index in [0.717, 1.165) is 10.0 Å². The molecular weight excluding hydrogens is 309 g/mol. The maximum atomic E-state index is 13.9. The van der Waals surface area contributed by atoms with E-state index in [4.69, 9.17) is 0 Å². The molecule has 2 rings (SSSR count). The van der Waals surface area contributed by atoms with E-state index in [1.807, 2.05) is 36.2 Å². The van der Waals surface area contributed by atoms with Gasteiger partial charge in [-0.1, -0.05) is 40.2 Å². The van der Waals surface area contributed by atoms with Gasteiger partial charge >= 0.3 is 0 Å². The summed E-state index contributed by atoms with van der Waals surface area (Å²) in [5.41, 5.74) is 2.13.